The van der Waals surface area contributed by atoms with E-state index in [1.54, 1.807) is 0 Å². The van der Waals surface area contributed by atoms with Crippen molar-refractivity contribution in [3.63, 3.8) is 0 Å². The molecule has 3 rings (SSSR count). The molecule has 1 aromatic carbocycles. The number of para-hydroxylation sites is 1. The van der Waals surface area contributed by atoms with Crippen LogP contribution in [0.2, 0.25) is 0 Å². The van der Waals surface area contributed by atoms with E-state index in [1.807, 2.05) is 47.3 Å². The molecular weight excluding hydrogens is 260 g/mol. The van der Waals surface area contributed by atoms with E-state index in [9.17, 15) is 5.11 Å². The summed E-state index contributed by atoms with van der Waals surface area (Å²) in [6.07, 6.45) is 4.90. The lowest BCUT2D eigenvalue weighted by molar-refractivity contribution is 0.0529. The standard InChI is InChI=1S/C18H24N2O/c1-13-8-9-15(12-14(13)2)18(21)17-10-11-20(19-17)16-6-4-3-5-7-16/h3-7,10-11,13-15,18,21H,8-9,12H2,1-2H3. The molecule has 3 nitrogen and oxygen atoms in total. The van der Waals surface area contributed by atoms with E-state index in [0.29, 0.717) is 11.8 Å². The lowest BCUT2D eigenvalue weighted by Gasteiger charge is -2.34. The SMILES string of the molecule is CC1CCC(C(O)c2ccn(-c3ccccc3)n2)CC1C. The molecule has 1 heterocycles. The molecule has 2 aromatic rings. The van der Waals surface area contributed by atoms with Crippen molar-refractivity contribution in [1.29, 1.82) is 0 Å². The first kappa shape index (κ1) is 14.3. The summed E-state index contributed by atoms with van der Waals surface area (Å²) < 4.78 is 1.84. The Labute approximate surface area is 126 Å². The van der Waals surface area contributed by atoms with E-state index in [1.165, 1.54) is 6.42 Å². The zero-order valence-corrected chi connectivity index (χ0v) is 12.8. The maximum Gasteiger partial charge on any atom is 0.101 e. The van der Waals surface area contributed by atoms with Gasteiger partial charge >= 0.3 is 0 Å². The Hall–Kier alpha value is -1.61. The molecule has 4 atom stereocenters. The van der Waals surface area contributed by atoms with E-state index in [-0.39, 0.29) is 0 Å². The van der Waals surface area contributed by atoms with Crippen LogP contribution < -0.4 is 0 Å². The molecule has 0 aliphatic heterocycles. The van der Waals surface area contributed by atoms with Crippen LogP contribution in [0.3, 0.4) is 0 Å². The molecule has 1 aliphatic rings. The topological polar surface area (TPSA) is 38.0 Å². The summed E-state index contributed by atoms with van der Waals surface area (Å²) in [4.78, 5) is 0. The summed E-state index contributed by atoms with van der Waals surface area (Å²) in [5.74, 6) is 1.81. The molecule has 1 aromatic heterocycles. The average Bonchev–Trinajstić information content (AvgIpc) is 3.00. The summed E-state index contributed by atoms with van der Waals surface area (Å²) in [6, 6.07) is 12.0. The van der Waals surface area contributed by atoms with E-state index < -0.39 is 6.10 Å². The highest BCUT2D eigenvalue weighted by Gasteiger charge is 2.31. The molecule has 21 heavy (non-hydrogen) atoms. The van der Waals surface area contributed by atoms with Gasteiger partial charge in [-0.25, -0.2) is 4.68 Å². The van der Waals surface area contributed by atoms with Gasteiger partial charge in [0, 0.05) is 6.20 Å². The third kappa shape index (κ3) is 3.03. The third-order valence-corrected chi connectivity index (χ3v) is 5.02. The second kappa shape index (κ2) is 6.02. The average molecular weight is 284 g/mol. The van der Waals surface area contributed by atoms with Crippen molar-refractivity contribution in [2.45, 2.75) is 39.2 Å². The Morgan fingerprint density at radius 3 is 2.57 bits per heavy atom. The van der Waals surface area contributed by atoms with Crippen molar-refractivity contribution < 1.29 is 5.11 Å². The summed E-state index contributed by atoms with van der Waals surface area (Å²) in [7, 11) is 0. The number of hydrogen-bond acceptors (Lipinski definition) is 2. The first-order valence-corrected chi connectivity index (χ1v) is 7.94. The van der Waals surface area contributed by atoms with Gasteiger partial charge in [-0.05, 0) is 48.8 Å². The number of aromatic nitrogens is 2. The van der Waals surface area contributed by atoms with Crippen LogP contribution in [0.5, 0.6) is 0 Å². The van der Waals surface area contributed by atoms with Gasteiger partial charge in [0.1, 0.15) is 6.10 Å². The largest absolute Gasteiger partial charge is 0.386 e. The molecule has 1 N–H and O–H groups in total. The zero-order valence-electron chi connectivity index (χ0n) is 12.8. The van der Waals surface area contributed by atoms with Crippen LogP contribution in [0.1, 0.15) is 44.9 Å². The fourth-order valence-corrected chi connectivity index (χ4v) is 3.34. The molecule has 1 saturated carbocycles. The van der Waals surface area contributed by atoms with Crippen molar-refractivity contribution in [1.82, 2.24) is 9.78 Å². The highest BCUT2D eigenvalue weighted by Crippen LogP contribution is 2.39. The van der Waals surface area contributed by atoms with Crippen molar-refractivity contribution in [2.24, 2.45) is 17.8 Å². The summed E-state index contributed by atoms with van der Waals surface area (Å²) >= 11 is 0. The molecule has 112 valence electrons. The molecule has 0 radical (unpaired) electrons. The van der Waals surface area contributed by atoms with Crippen LogP contribution in [0, 0.1) is 17.8 Å². The minimum atomic E-state index is -0.440. The fraction of sp³-hybridized carbons (Fsp3) is 0.500. The van der Waals surface area contributed by atoms with Crippen LogP contribution in [0.25, 0.3) is 5.69 Å². The lowest BCUT2D eigenvalue weighted by Crippen LogP contribution is -2.25. The van der Waals surface area contributed by atoms with Gasteiger partial charge in [-0.3, -0.25) is 0 Å². The number of hydrogen-bond donors (Lipinski definition) is 1. The Balaban J connectivity index is 1.74. The van der Waals surface area contributed by atoms with Gasteiger partial charge < -0.3 is 5.11 Å². The summed E-state index contributed by atoms with van der Waals surface area (Å²) in [5.41, 5.74) is 1.83. The Bertz CT molecular complexity index is 578. The van der Waals surface area contributed by atoms with Crippen molar-refractivity contribution in [3.8, 4) is 5.69 Å². The molecule has 3 heteroatoms. The van der Waals surface area contributed by atoms with Crippen molar-refractivity contribution in [3.05, 3.63) is 48.3 Å². The first-order chi connectivity index (χ1) is 10.1. The van der Waals surface area contributed by atoms with E-state index >= 15 is 0 Å². The highest BCUT2D eigenvalue weighted by atomic mass is 16.3. The Kier molecular flexibility index (Phi) is 4.11. The maximum atomic E-state index is 10.6. The molecular formula is C18H24N2O. The van der Waals surface area contributed by atoms with Gasteiger partial charge in [-0.1, -0.05) is 38.5 Å². The minimum absolute atomic E-state index is 0.343. The van der Waals surface area contributed by atoms with Gasteiger partial charge in [0.05, 0.1) is 11.4 Å². The van der Waals surface area contributed by atoms with Crippen LogP contribution in [-0.2, 0) is 0 Å². The number of nitrogens with zero attached hydrogens (tertiary/aromatic N) is 2. The van der Waals surface area contributed by atoms with Crippen molar-refractivity contribution >= 4 is 0 Å². The maximum absolute atomic E-state index is 10.6. The van der Waals surface area contributed by atoms with E-state index in [0.717, 1.165) is 30.1 Å². The first-order valence-electron chi connectivity index (χ1n) is 7.94. The number of aliphatic hydroxyl groups excluding tert-OH is 1. The third-order valence-electron chi connectivity index (χ3n) is 5.02. The minimum Gasteiger partial charge on any atom is -0.386 e. The monoisotopic (exact) mass is 284 g/mol. The van der Waals surface area contributed by atoms with Gasteiger partial charge in [0.2, 0.25) is 0 Å². The van der Waals surface area contributed by atoms with Gasteiger partial charge in [-0.15, -0.1) is 0 Å². The van der Waals surface area contributed by atoms with E-state index in [4.69, 9.17) is 0 Å². The molecule has 0 spiro atoms. The number of rotatable bonds is 3. The second-order valence-corrected chi connectivity index (χ2v) is 6.49. The van der Waals surface area contributed by atoms with Gasteiger partial charge in [0.15, 0.2) is 0 Å². The van der Waals surface area contributed by atoms with Crippen LogP contribution in [0.4, 0.5) is 0 Å². The normalized spacial score (nSPS) is 27.5. The molecule has 4 unspecified atom stereocenters. The quantitative estimate of drug-likeness (QED) is 0.926. The Morgan fingerprint density at radius 1 is 1.10 bits per heavy atom. The summed E-state index contributed by atoms with van der Waals surface area (Å²) in [5, 5.41) is 15.2. The van der Waals surface area contributed by atoms with Gasteiger partial charge in [0.25, 0.3) is 0 Å². The smallest absolute Gasteiger partial charge is 0.101 e. The predicted octanol–water partition coefficient (Wildman–Crippen LogP) is 3.98. The highest BCUT2D eigenvalue weighted by molar-refractivity contribution is 5.30. The van der Waals surface area contributed by atoms with Crippen LogP contribution in [-0.4, -0.2) is 14.9 Å². The Morgan fingerprint density at radius 2 is 1.86 bits per heavy atom. The second-order valence-electron chi connectivity index (χ2n) is 6.49. The number of aliphatic hydroxyl groups is 1. The molecule has 1 aliphatic carbocycles. The summed E-state index contributed by atoms with van der Waals surface area (Å²) in [6.45, 7) is 4.61. The molecule has 0 amide bonds. The zero-order chi connectivity index (χ0) is 14.8. The lowest BCUT2D eigenvalue weighted by atomic mass is 9.73. The van der Waals surface area contributed by atoms with E-state index in [2.05, 4.69) is 18.9 Å². The molecule has 1 fully saturated rings. The van der Waals surface area contributed by atoms with Crippen LogP contribution >= 0.6 is 0 Å². The predicted molar refractivity (Wildman–Crippen MR) is 84.2 cm³/mol. The molecule has 0 saturated heterocycles. The van der Waals surface area contributed by atoms with Crippen molar-refractivity contribution in [2.75, 3.05) is 0 Å². The van der Waals surface area contributed by atoms with Gasteiger partial charge in [-0.2, -0.15) is 5.10 Å². The fourth-order valence-electron chi connectivity index (χ4n) is 3.34. The number of benzene rings is 1. The molecule has 0 bridgehead atoms. The van der Waals surface area contributed by atoms with Crippen LogP contribution in [0.15, 0.2) is 42.6 Å².